The highest BCUT2D eigenvalue weighted by atomic mass is 16.5. The number of anilines is 2. The lowest BCUT2D eigenvalue weighted by molar-refractivity contribution is 0.102. The van der Waals surface area contributed by atoms with Crippen LogP contribution >= 0.6 is 0 Å². The van der Waals surface area contributed by atoms with Crippen LogP contribution in [0.5, 0.6) is 0 Å². The van der Waals surface area contributed by atoms with Crippen molar-refractivity contribution < 1.29 is 4.74 Å². The average Bonchev–Trinajstić information content (AvgIpc) is 3.01. The summed E-state index contributed by atoms with van der Waals surface area (Å²) in [6.45, 7) is 8.15. The Hall–Kier alpha value is -2.57. The minimum Gasteiger partial charge on any atom is -0.476 e. The van der Waals surface area contributed by atoms with Crippen molar-refractivity contribution in [3.63, 3.8) is 0 Å². The molecule has 0 radical (unpaired) electrons. The molecule has 2 fully saturated rings. The van der Waals surface area contributed by atoms with Gasteiger partial charge in [-0.15, -0.1) is 0 Å². The number of nitrogens with one attached hydrogen (secondary N) is 3. The standard InChI is InChI=1S/C19H26N6O/c1-12-18(21-9-8-20-12)22-17-11-16(24-25-17)14-4-5-15(10-14)26-13(2)23-19(3)6-7-19/h8-9,11,14-15,23H,2,4-7,10H2,1,3H3,(H2,21,22,24,25)/t14-,15+/m0/s1. The van der Waals surface area contributed by atoms with Crippen molar-refractivity contribution >= 4 is 11.6 Å². The van der Waals surface area contributed by atoms with Gasteiger partial charge in [0.25, 0.3) is 0 Å². The molecule has 0 amide bonds. The molecule has 2 aliphatic carbocycles. The third-order valence-corrected chi connectivity index (χ3v) is 5.30. The molecule has 3 N–H and O–H groups in total. The van der Waals surface area contributed by atoms with Crippen molar-refractivity contribution in [2.24, 2.45) is 0 Å². The van der Waals surface area contributed by atoms with E-state index >= 15 is 0 Å². The Morgan fingerprint density at radius 1 is 1.31 bits per heavy atom. The van der Waals surface area contributed by atoms with Gasteiger partial charge in [-0.2, -0.15) is 5.10 Å². The van der Waals surface area contributed by atoms with Gasteiger partial charge in [-0.3, -0.25) is 10.1 Å². The van der Waals surface area contributed by atoms with Crippen LogP contribution in [0.1, 0.15) is 56.3 Å². The van der Waals surface area contributed by atoms with E-state index in [9.17, 15) is 0 Å². The van der Waals surface area contributed by atoms with Crippen molar-refractivity contribution in [1.82, 2.24) is 25.5 Å². The lowest BCUT2D eigenvalue weighted by atomic mass is 10.0. The van der Waals surface area contributed by atoms with E-state index in [0.717, 1.165) is 42.3 Å². The fraction of sp³-hybridized carbons (Fsp3) is 0.526. The number of rotatable bonds is 7. The van der Waals surface area contributed by atoms with Gasteiger partial charge in [0.15, 0.2) is 17.5 Å². The van der Waals surface area contributed by atoms with E-state index < -0.39 is 0 Å². The highest BCUT2D eigenvalue weighted by Crippen LogP contribution is 2.38. The van der Waals surface area contributed by atoms with E-state index in [1.54, 1.807) is 12.4 Å². The van der Waals surface area contributed by atoms with Crippen LogP contribution in [0.3, 0.4) is 0 Å². The maximum Gasteiger partial charge on any atom is 0.179 e. The van der Waals surface area contributed by atoms with Crippen molar-refractivity contribution in [2.75, 3.05) is 5.32 Å². The van der Waals surface area contributed by atoms with Gasteiger partial charge in [-0.25, -0.2) is 4.98 Å². The molecule has 2 aliphatic rings. The van der Waals surface area contributed by atoms with Crippen molar-refractivity contribution in [3.05, 3.63) is 42.3 Å². The van der Waals surface area contributed by atoms with E-state index in [0.29, 0.717) is 11.8 Å². The normalized spacial score (nSPS) is 23.5. The summed E-state index contributed by atoms with van der Waals surface area (Å²) >= 11 is 0. The second kappa shape index (κ2) is 6.63. The summed E-state index contributed by atoms with van der Waals surface area (Å²) < 4.78 is 6.02. The number of nitrogens with zero attached hydrogens (tertiary/aromatic N) is 3. The Bertz CT molecular complexity index is 797. The summed E-state index contributed by atoms with van der Waals surface area (Å²) in [6, 6.07) is 2.06. The van der Waals surface area contributed by atoms with E-state index in [1.165, 1.54) is 12.8 Å². The summed E-state index contributed by atoms with van der Waals surface area (Å²) in [5.41, 5.74) is 2.19. The summed E-state index contributed by atoms with van der Waals surface area (Å²) in [5.74, 6) is 2.63. The quantitative estimate of drug-likeness (QED) is 0.660. The molecule has 2 atom stereocenters. The lowest BCUT2D eigenvalue weighted by Gasteiger charge is -2.20. The Kier molecular flexibility index (Phi) is 4.30. The predicted octanol–water partition coefficient (Wildman–Crippen LogP) is 3.52. The molecule has 0 aromatic carbocycles. The van der Waals surface area contributed by atoms with Gasteiger partial charge in [0, 0.05) is 35.6 Å². The summed E-state index contributed by atoms with van der Waals surface area (Å²) in [6.07, 6.45) is 9.04. The Balaban J connectivity index is 1.32. The summed E-state index contributed by atoms with van der Waals surface area (Å²) in [4.78, 5) is 8.53. The fourth-order valence-electron chi connectivity index (χ4n) is 3.47. The number of aromatic nitrogens is 4. The van der Waals surface area contributed by atoms with Gasteiger partial charge in [-0.05, 0) is 52.5 Å². The molecule has 7 heteroatoms. The van der Waals surface area contributed by atoms with Crippen molar-refractivity contribution in [3.8, 4) is 0 Å². The number of hydrogen-bond donors (Lipinski definition) is 3. The van der Waals surface area contributed by atoms with Crippen LogP contribution in [-0.2, 0) is 4.74 Å². The Labute approximate surface area is 153 Å². The van der Waals surface area contributed by atoms with Gasteiger partial charge in [0.1, 0.15) is 6.10 Å². The topological polar surface area (TPSA) is 87.8 Å². The molecule has 7 nitrogen and oxygen atoms in total. The van der Waals surface area contributed by atoms with E-state index in [1.807, 2.05) is 6.92 Å². The monoisotopic (exact) mass is 354 g/mol. The first-order valence-corrected chi connectivity index (χ1v) is 9.24. The smallest absolute Gasteiger partial charge is 0.179 e. The number of H-pyrrole nitrogens is 1. The van der Waals surface area contributed by atoms with Crippen LogP contribution in [0.25, 0.3) is 0 Å². The number of ether oxygens (including phenoxy) is 1. The first-order valence-electron chi connectivity index (χ1n) is 9.24. The highest BCUT2D eigenvalue weighted by molar-refractivity contribution is 5.53. The largest absolute Gasteiger partial charge is 0.476 e. The molecule has 2 saturated carbocycles. The predicted molar refractivity (Wildman–Crippen MR) is 100 cm³/mol. The zero-order chi connectivity index (χ0) is 18.1. The number of hydrogen-bond acceptors (Lipinski definition) is 6. The third-order valence-electron chi connectivity index (χ3n) is 5.30. The van der Waals surface area contributed by atoms with Crippen LogP contribution in [0.2, 0.25) is 0 Å². The molecule has 0 spiro atoms. The van der Waals surface area contributed by atoms with Crippen LogP contribution in [-0.4, -0.2) is 31.8 Å². The molecular weight excluding hydrogens is 328 g/mol. The van der Waals surface area contributed by atoms with E-state index in [4.69, 9.17) is 4.74 Å². The molecule has 2 aromatic heterocycles. The van der Waals surface area contributed by atoms with E-state index in [2.05, 4.69) is 50.4 Å². The molecule has 0 bridgehead atoms. The Morgan fingerprint density at radius 2 is 2.12 bits per heavy atom. The maximum atomic E-state index is 6.02. The number of aryl methyl sites for hydroxylation is 1. The molecule has 138 valence electrons. The van der Waals surface area contributed by atoms with Gasteiger partial charge >= 0.3 is 0 Å². The average molecular weight is 354 g/mol. The van der Waals surface area contributed by atoms with E-state index in [-0.39, 0.29) is 11.6 Å². The Morgan fingerprint density at radius 3 is 2.88 bits per heavy atom. The molecular formula is C19H26N6O. The third kappa shape index (κ3) is 3.81. The van der Waals surface area contributed by atoms with Crippen molar-refractivity contribution in [1.29, 1.82) is 0 Å². The minimum atomic E-state index is 0.206. The molecule has 2 aromatic rings. The minimum absolute atomic E-state index is 0.206. The zero-order valence-electron chi connectivity index (χ0n) is 15.4. The molecule has 26 heavy (non-hydrogen) atoms. The first-order chi connectivity index (χ1) is 12.5. The zero-order valence-corrected chi connectivity index (χ0v) is 15.4. The van der Waals surface area contributed by atoms with Crippen LogP contribution < -0.4 is 10.6 Å². The molecule has 0 saturated heterocycles. The lowest BCUT2D eigenvalue weighted by Crippen LogP contribution is -2.29. The van der Waals surface area contributed by atoms with Gasteiger partial charge < -0.3 is 15.4 Å². The molecule has 0 unspecified atom stereocenters. The SMILES string of the molecule is C=C(NC1(C)CC1)O[C@@H]1CC[C@H](c2cc(Nc3nccnc3C)n[nH]2)C1. The fourth-order valence-corrected chi connectivity index (χ4v) is 3.47. The second-order valence-electron chi connectivity index (χ2n) is 7.68. The van der Waals surface area contributed by atoms with Crippen LogP contribution in [0, 0.1) is 6.92 Å². The molecule has 4 rings (SSSR count). The van der Waals surface area contributed by atoms with Crippen LogP contribution in [0.15, 0.2) is 30.9 Å². The first kappa shape index (κ1) is 16.9. The number of aromatic amines is 1. The summed E-state index contributed by atoms with van der Waals surface area (Å²) in [5, 5.41) is 14.1. The van der Waals surface area contributed by atoms with Gasteiger partial charge in [0.05, 0.1) is 5.69 Å². The van der Waals surface area contributed by atoms with Gasteiger partial charge in [-0.1, -0.05) is 0 Å². The highest BCUT2D eigenvalue weighted by Gasteiger charge is 2.38. The molecule has 2 heterocycles. The van der Waals surface area contributed by atoms with Gasteiger partial charge in [0.2, 0.25) is 0 Å². The maximum absolute atomic E-state index is 6.02. The van der Waals surface area contributed by atoms with Crippen LogP contribution in [0.4, 0.5) is 11.6 Å². The second-order valence-corrected chi connectivity index (χ2v) is 7.68. The summed E-state index contributed by atoms with van der Waals surface area (Å²) in [7, 11) is 0. The van der Waals surface area contributed by atoms with Crippen molar-refractivity contribution in [2.45, 2.75) is 63.5 Å². The molecule has 0 aliphatic heterocycles.